The maximum Gasteiger partial charge on any atom is 0.490 e. The summed E-state index contributed by atoms with van der Waals surface area (Å²) in [6.45, 7) is 12.4. The van der Waals surface area contributed by atoms with Crippen molar-refractivity contribution in [1.82, 2.24) is 19.7 Å². The van der Waals surface area contributed by atoms with Gasteiger partial charge >= 0.3 is 24.3 Å². The minimum atomic E-state index is -5.08. The van der Waals surface area contributed by atoms with Crippen molar-refractivity contribution in [1.29, 1.82) is 0 Å². The van der Waals surface area contributed by atoms with E-state index in [-0.39, 0.29) is 5.91 Å². The van der Waals surface area contributed by atoms with Gasteiger partial charge < -0.3 is 20.1 Å². The summed E-state index contributed by atoms with van der Waals surface area (Å²) >= 11 is 0. The van der Waals surface area contributed by atoms with Crippen molar-refractivity contribution in [3.8, 4) is 0 Å². The lowest BCUT2D eigenvalue weighted by atomic mass is 9.84. The Balaban J connectivity index is 0.000000381. The summed E-state index contributed by atoms with van der Waals surface area (Å²) in [4.78, 5) is 42.5. The maximum atomic E-state index is 13.9. The molecule has 2 aliphatic heterocycles. The number of nitrogens with one attached hydrogen (secondary N) is 1. The number of carboxylic acids is 2. The number of fused-ring (bicyclic) bond motifs is 1. The van der Waals surface area contributed by atoms with Crippen molar-refractivity contribution in [2.75, 3.05) is 45.8 Å². The van der Waals surface area contributed by atoms with Crippen molar-refractivity contribution in [2.45, 2.75) is 83.6 Å². The third-order valence-corrected chi connectivity index (χ3v) is 10.3. The second kappa shape index (κ2) is 18.3. The van der Waals surface area contributed by atoms with Crippen LogP contribution in [0.1, 0.15) is 83.6 Å². The number of halogens is 6. The standard InChI is InChI=1S/C34H46N4O.2C2HF3O2/c1-25-9-8-10-26(2)32(25)28-15-17-36(18-16-28)24-30-29-13-6-7-14-31(29)35-33(30)34(39)38-21-19-37(20-22-38)23-27-11-4-3-5-12-27;2*3-2(4,5)1(6)7/h6-10,13-14,27-28,35H,3-5,11-12,15-24H2,1-2H3;2*(H,6,7). The number of aryl methyl sites for hydroxylation is 2. The fraction of sp³-hybridized carbons (Fsp3) is 0.553. The predicted octanol–water partition coefficient (Wildman–Crippen LogP) is 7.77. The molecule has 53 heavy (non-hydrogen) atoms. The zero-order valence-corrected chi connectivity index (χ0v) is 30.0. The van der Waals surface area contributed by atoms with Crippen LogP contribution in [0.2, 0.25) is 0 Å². The summed E-state index contributed by atoms with van der Waals surface area (Å²) < 4.78 is 63.5. The number of carbonyl (C=O) groups is 3. The van der Waals surface area contributed by atoms with Gasteiger partial charge in [0.2, 0.25) is 0 Å². The maximum absolute atomic E-state index is 13.9. The molecule has 0 spiro atoms. The zero-order chi connectivity index (χ0) is 38.9. The lowest BCUT2D eigenvalue weighted by Crippen LogP contribution is -2.50. The van der Waals surface area contributed by atoms with Gasteiger partial charge in [0, 0.05) is 55.7 Å². The number of hydrogen-bond acceptors (Lipinski definition) is 5. The number of piperazine rings is 1. The summed E-state index contributed by atoms with van der Waals surface area (Å²) in [6, 6.07) is 15.2. The molecule has 0 unspecified atom stereocenters. The molecule has 6 rings (SSSR count). The van der Waals surface area contributed by atoms with E-state index in [1.807, 2.05) is 0 Å². The van der Waals surface area contributed by atoms with Crippen LogP contribution in [-0.2, 0) is 16.1 Å². The fourth-order valence-electron chi connectivity index (χ4n) is 7.65. The third kappa shape index (κ3) is 11.7. The molecule has 1 amide bonds. The van der Waals surface area contributed by atoms with Gasteiger partial charge in [-0.15, -0.1) is 0 Å². The molecule has 1 aromatic heterocycles. The molecule has 3 heterocycles. The summed E-state index contributed by atoms with van der Waals surface area (Å²) in [7, 11) is 0. The average molecular weight is 755 g/mol. The Hall–Kier alpha value is -4.11. The van der Waals surface area contributed by atoms with Crippen LogP contribution in [0.5, 0.6) is 0 Å². The Labute approximate surface area is 304 Å². The van der Waals surface area contributed by atoms with E-state index < -0.39 is 24.3 Å². The quantitative estimate of drug-likeness (QED) is 0.220. The highest BCUT2D eigenvalue weighted by molar-refractivity contribution is 6.01. The second-order valence-corrected chi connectivity index (χ2v) is 14.1. The first kappa shape index (κ1) is 41.6. The number of aromatic nitrogens is 1. The number of amides is 1. The van der Waals surface area contributed by atoms with Crippen molar-refractivity contribution in [3.05, 3.63) is 70.4 Å². The number of alkyl halides is 6. The lowest BCUT2D eigenvalue weighted by molar-refractivity contribution is -0.193. The number of likely N-dealkylation sites (tertiary alicyclic amines) is 1. The Morgan fingerprint density at radius 1 is 0.717 bits per heavy atom. The molecule has 15 heteroatoms. The van der Waals surface area contributed by atoms with Gasteiger partial charge in [0.25, 0.3) is 5.91 Å². The van der Waals surface area contributed by atoms with Gasteiger partial charge in [0.05, 0.1) is 0 Å². The van der Waals surface area contributed by atoms with Crippen LogP contribution < -0.4 is 0 Å². The molecule has 1 aliphatic carbocycles. The highest BCUT2D eigenvalue weighted by Crippen LogP contribution is 2.34. The SMILES string of the molecule is Cc1cccc(C)c1C1CCN(Cc2c(C(=O)N3CCN(CC4CCCCC4)CC3)[nH]c3ccccc23)CC1.O=C(O)C(F)(F)F.O=C(O)C(F)(F)F. The normalized spacial score (nSPS) is 18.2. The van der Waals surface area contributed by atoms with E-state index >= 15 is 0 Å². The molecule has 1 saturated carbocycles. The largest absolute Gasteiger partial charge is 0.490 e. The molecule has 0 bridgehead atoms. The topological polar surface area (TPSA) is 117 Å². The molecular formula is C38H48F6N4O5. The van der Waals surface area contributed by atoms with Crippen LogP contribution in [0, 0.1) is 19.8 Å². The van der Waals surface area contributed by atoms with Crippen LogP contribution in [0.3, 0.4) is 0 Å². The number of piperidine rings is 1. The first-order valence-corrected chi connectivity index (χ1v) is 18.0. The number of benzene rings is 2. The number of rotatable bonds is 6. The van der Waals surface area contributed by atoms with Crippen molar-refractivity contribution < 1.29 is 50.9 Å². The van der Waals surface area contributed by atoms with Crippen molar-refractivity contribution >= 4 is 28.7 Å². The second-order valence-electron chi connectivity index (χ2n) is 14.1. The number of carboxylic acid groups (broad SMARTS) is 2. The molecule has 2 saturated heterocycles. The number of hydrogen-bond donors (Lipinski definition) is 3. The van der Waals surface area contributed by atoms with E-state index in [2.05, 4.69) is 76.0 Å². The molecule has 9 nitrogen and oxygen atoms in total. The highest BCUT2D eigenvalue weighted by atomic mass is 19.4. The number of aliphatic carboxylic acids is 2. The Kier molecular flexibility index (Phi) is 14.4. The van der Waals surface area contributed by atoms with Gasteiger partial charge in [-0.2, -0.15) is 26.3 Å². The molecule has 3 aromatic rings. The van der Waals surface area contributed by atoms with E-state index in [0.717, 1.165) is 62.9 Å². The smallest absolute Gasteiger partial charge is 0.475 e. The highest BCUT2D eigenvalue weighted by Gasteiger charge is 2.39. The number of H-pyrrole nitrogens is 1. The number of nitrogens with zero attached hydrogens (tertiary/aromatic N) is 3. The van der Waals surface area contributed by atoms with E-state index in [9.17, 15) is 31.1 Å². The third-order valence-electron chi connectivity index (χ3n) is 10.3. The molecule has 2 aromatic carbocycles. The minimum absolute atomic E-state index is 0.184. The van der Waals surface area contributed by atoms with Crippen molar-refractivity contribution in [2.24, 2.45) is 5.92 Å². The first-order valence-electron chi connectivity index (χ1n) is 18.0. The number of aromatic amines is 1. The Bertz CT molecular complexity index is 1640. The molecule has 0 radical (unpaired) electrons. The molecule has 3 aliphatic rings. The van der Waals surface area contributed by atoms with E-state index in [1.54, 1.807) is 5.56 Å². The molecule has 292 valence electrons. The van der Waals surface area contributed by atoms with Gasteiger partial charge in [0.15, 0.2) is 0 Å². The van der Waals surface area contributed by atoms with Crippen LogP contribution in [-0.4, -0.2) is 106 Å². The minimum Gasteiger partial charge on any atom is -0.475 e. The summed E-state index contributed by atoms with van der Waals surface area (Å²) in [5, 5.41) is 15.5. The van der Waals surface area contributed by atoms with Gasteiger partial charge in [-0.1, -0.05) is 55.7 Å². The monoisotopic (exact) mass is 754 g/mol. The van der Waals surface area contributed by atoms with Gasteiger partial charge in [-0.25, -0.2) is 9.59 Å². The van der Waals surface area contributed by atoms with Gasteiger partial charge in [-0.3, -0.25) is 14.6 Å². The summed E-state index contributed by atoms with van der Waals surface area (Å²) in [5.41, 5.74) is 7.49. The van der Waals surface area contributed by atoms with E-state index in [0.29, 0.717) is 5.92 Å². The molecule has 3 fully saturated rings. The number of para-hydroxylation sites is 1. The van der Waals surface area contributed by atoms with E-state index in [1.165, 1.54) is 73.6 Å². The van der Waals surface area contributed by atoms with Crippen molar-refractivity contribution in [3.63, 3.8) is 0 Å². The number of carbonyl (C=O) groups excluding carboxylic acids is 1. The van der Waals surface area contributed by atoms with Crippen LogP contribution in [0.25, 0.3) is 10.9 Å². The van der Waals surface area contributed by atoms with Gasteiger partial charge in [0.1, 0.15) is 5.69 Å². The Morgan fingerprint density at radius 3 is 1.77 bits per heavy atom. The molecule has 0 atom stereocenters. The van der Waals surface area contributed by atoms with E-state index in [4.69, 9.17) is 19.8 Å². The fourth-order valence-corrected chi connectivity index (χ4v) is 7.65. The van der Waals surface area contributed by atoms with Crippen LogP contribution >= 0.6 is 0 Å². The van der Waals surface area contributed by atoms with Gasteiger partial charge in [-0.05, 0) is 87.2 Å². The lowest BCUT2D eigenvalue weighted by Gasteiger charge is -2.37. The first-order chi connectivity index (χ1) is 25.0. The molecule has 3 N–H and O–H groups in total. The molecular weight excluding hydrogens is 706 g/mol. The Morgan fingerprint density at radius 2 is 1.25 bits per heavy atom. The zero-order valence-electron chi connectivity index (χ0n) is 30.0. The summed E-state index contributed by atoms with van der Waals surface area (Å²) in [6.07, 6.45) is -0.819. The van der Waals surface area contributed by atoms with Crippen LogP contribution in [0.4, 0.5) is 26.3 Å². The summed E-state index contributed by atoms with van der Waals surface area (Å²) in [5.74, 6) is -3.83. The average Bonchev–Trinajstić information content (AvgIpc) is 3.47. The predicted molar refractivity (Wildman–Crippen MR) is 188 cm³/mol. The van der Waals surface area contributed by atoms with Crippen LogP contribution in [0.15, 0.2) is 42.5 Å².